The number of amides is 1. The first kappa shape index (κ1) is 14.4. The second-order valence-corrected chi connectivity index (χ2v) is 5.38. The molecule has 0 bridgehead atoms. The lowest BCUT2D eigenvalue weighted by Crippen LogP contribution is -2.31. The van der Waals surface area contributed by atoms with Crippen LogP contribution in [0.15, 0.2) is 35.2 Å². The molecule has 0 aliphatic carbocycles. The normalized spacial score (nSPS) is 17.5. The van der Waals surface area contributed by atoms with Gasteiger partial charge in [0.2, 0.25) is 0 Å². The van der Waals surface area contributed by atoms with Crippen molar-refractivity contribution < 1.29 is 14.1 Å². The molecule has 2 aromatic rings. The summed E-state index contributed by atoms with van der Waals surface area (Å²) in [6.07, 6.45) is 3.87. The predicted octanol–water partition coefficient (Wildman–Crippen LogP) is 1.43. The summed E-state index contributed by atoms with van der Waals surface area (Å²) in [7, 11) is 3.84. The van der Waals surface area contributed by atoms with Crippen LogP contribution in [0.4, 0.5) is 5.82 Å². The van der Waals surface area contributed by atoms with Crippen LogP contribution in [0.25, 0.3) is 0 Å². The molecule has 0 aromatic carbocycles. The van der Waals surface area contributed by atoms with Gasteiger partial charge < -0.3 is 19.1 Å². The summed E-state index contributed by atoms with van der Waals surface area (Å²) >= 11 is 0. The number of ether oxygens (including phenoxy) is 1. The maximum Gasteiger partial charge on any atom is 0.276 e. The smallest absolute Gasteiger partial charge is 0.276 e. The van der Waals surface area contributed by atoms with Crippen LogP contribution >= 0.6 is 0 Å². The highest BCUT2D eigenvalue weighted by atomic mass is 16.5. The van der Waals surface area contributed by atoms with E-state index < -0.39 is 0 Å². The Labute approximate surface area is 128 Å². The van der Waals surface area contributed by atoms with Crippen LogP contribution < -0.4 is 9.64 Å². The van der Waals surface area contributed by atoms with E-state index in [4.69, 9.17) is 9.26 Å². The molecule has 1 amide bonds. The molecule has 1 unspecified atom stereocenters. The summed E-state index contributed by atoms with van der Waals surface area (Å²) < 4.78 is 10.7. The van der Waals surface area contributed by atoms with Crippen molar-refractivity contribution in [3.8, 4) is 5.75 Å². The monoisotopic (exact) mass is 302 g/mol. The molecule has 116 valence electrons. The molecule has 2 aromatic heterocycles. The molecule has 7 nitrogen and oxygen atoms in total. The third-order valence-corrected chi connectivity index (χ3v) is 3.56. The van der Waals surface area contributed by atoms with Crippen molar-refractivity contribution in [2.24, 2.45) is 0 Å². The standard InChI is InChI=1S/C15H18N4O3/c1-18(2)14-13(4-3-7-16-14)22-11-5-8-19(10-11)15(20)12-6-9-21-17-12/h3-4,6-7,9,11H,5,8,10H2,1-2H3. The topological polar surface area (TPSA) is 71.7 Å². The lowest BCUT2D eigenvalue weighted by molar-refractivity contribution is 0.0762. The molecule has 22 heavy (non-hydrogen) atoms. The number of likely N-dealkylation sites (tertiary alicyclic amines) is 1. The van der Waals surface area contributed by atoms with Crippen molar-refractivity contribution in [3.63, 3.8) is 0 Å². The van der Waals surface area contributed by atoms with Crippen molar-refractivity contribution in [2.75, 3.05) is 32.1 Å². The highest BCUT2D eigenvalue weighted by Crippen LogP contribution is 2.26. The molecule has 3 heterocycles. The summed E-state index contributed by atoms with van der Waals surface area (Å²) in [5.74, 6) is 1.39. The molecule has 0 radical (unpaired) electrons. The molecular weight excluding hydrogens is 284 g/mol. The van der Waals surface area contributed by atoms with Crippen LogP contribution in [0.1, 0.15) is 16.9 Å². The SMILES string of the molecule is CN(C)c1ncccc1OC1CCN(C(=O)c2ccon2)C1. The van der Waals surface area contributed by atoms with Crippen molar-refractivity contribution >= 4 is 11.7 Å². The van der Waals surface area contributed by atoms with Gasteiger partial charge in [-0.15, -0.1) is 0 Å². The van der Waals surface area contributed by atoms with E-state index >= 15 is 0 Å². The first-order valence-corrected chi connectivity index (χ1v) is 7.14. The van der Waals surface area contributed by atoms with Gasteiger partial charge >= 0.3 is 0 Å². The van der Waals surface area contributed by atoms with E-state index in [-0.39, 0.29) is 12.0 Å². The zero-order valence-corrected chi connectivity index (χ0v) is 12.6. The lowest BCUT2D eigenvalue weighted by Gasteiger charge is -2.20. The van der Waals surface area contributed by atoms with E-state index in [1.54, 1.807) is 17.2 Å². The van der Waals surface area contributed by atoms with Crippen LogP contribution in [0, 0.1) is 0 Å². The molecule has 1 fully saturated rings. The van der Waals surface area contributed by atoms with Crippen molar-refractivity contribution in [1.82, 2.24) is 15.0 Å². The van der Waals surface area contributed by atoms with Gasteiger partial charge in [-0.05, 0) is 12.1 Å². The number of carbonyl (C=O) groups is 1. The average molecular weight is 302 g/mol. The molecule has 0 spiro atoms. The Balaban J connectivity index is 1.65. The first-order valence-electron chi connectivity index (χ1n) is 7.14. The number of hydrogen-bond acceptors (Lipinski definition) is 6. The zero-order valence-electron chi connectivity index (χ0n) is 12.6. The third kappa shape index (κ3) is 2.88. The highest BCUT2D eigenvalue weighted by Gasteiger charge is 2.30. The van der Waals surface area contributed by atoms with Crippen LogP contribution in [0.3, 0.4) is 0 Å². The van der Waals surface area contributed by atoms with Crippen molar-refractivity contribution in [3.05, 3.63) is 36.4 Å². The molecule has 7 heteroatoms. The fourth-order valence-electron chi connectivity index (χ4n) is 2.48. The van der Waals surface area contributed by atoms with Crippen LogP contribution in [-0.2, 0) is 0 Å². The fraction of sp³-hybridized carbons (Fsp3) is 0.400. The minimum absolute atomic E-state index is 0.0428. The van der Waals surface area contributed by atoms with E-state index in [0.29, 0.717) is 18.8 Å². The van der Waals surface area contributed by atoms with Gasteiger partial charge in [0.05, 0.1) is 6.54 Å². The van der Waals surface area contributed by atoms with Crippen molar-refractivity contribution in [1.29, 1.82) is 0 Å². The van der Waals surface area contributed by atoms with Gasteiger partial charge in [0.15, 0.2) is 17.3 Å². The Hall–Kier alpha value is -2.57. The summed E-state index contributed by atoms with van der Waals surface area (Å²) in [6, 6.07) is 5.31. The Morgan fingerprint density at radius 3 is 3.05 bits per heavy atom. The molecule has 1 atom stereocenters. The fourth-order valence-corrected chi connectivity index (χ4v) is 2.48. The number of anilines is 1. The lowest BCUT2D eigenvalue weighted by atomic mass is 10.3. The number of rotatable bonds is 4. The Morgan fingerprint density at radius 1 is 1.45 bits per heavy atom. The Kier molecular flexibility index (Phi) is 3.95. The van der Waals surface area contributed by atoms with Gasteiger partial charge in [-0.3, -0.25) is 4.79 Å². The van der Waals surface area contributed by atoms with Gasteiger partial charge in [-0.1, -0.05) is 5.16 Å². The number of hydrogen-bond donors (Lipinski definition) is 0. The summed E-state index contributed by atoms with van der Waals surface area (Å²) in [5, 5.41) is 3.68. The number of pyridine rings is 1. The predicted molar refractivity (Wildman–Crippen MR) is 80.0 cm³/mol. The van der Waals surface area contributed by atoms with Crippen molar-refractivity contribution in [2.45, 2.75) is 12.5 Å². The third-order valence-electron chi connectivity index (χ3n) is 3.56. The van der Waals surface area contributed by atoms with E-state index in [1.165, 1.54) is 6.26 Å². The van der Waals surface area contributed by atoms with Crippen LogP contribution in [0.2, 0.25) is 0 Å². The molecule has 1 aliphatic rings. The van der Waals surface area contributed by atoms with Gasteiger partial charge in [0.25, 0.3) is 5.91 Å². The maximum absolute atomic E-state index is 12.2. The largest absolute Gasteiger partial charge is 0.485 e. The molecule has 0 saturated carbocycles. The van der Waals surface area contributed by atoms with E-state index in [1.807, 2.05) is 31.1 Å². The first-order chi connectivity index (χ1) is 10.6. The summed E-state index contributed by atoms with van der Waals surface area (Å²) in [4.78, 5) is 20.2. The van der Waals surface area contributed by atoms with E-state index in [2.05, 4.69) is 10.1 Å². The number of carbonyl (C=O) groups excluding carboxylic acids is 1. The second kappa shape index (κ2) is 6.05. The quantitative estimate of drug-likeness (QED) is 0.851. The highest BCUT2D eigenvalue weighted by molar-refractivity contribution is 5.92. The van der Waals surface area contributed by atoms with Gasteiger partial charge in [0, 0.05) is 39.3 Å². The number of aromatic nitrogens is 2. The van der Waals surface area contributed by atoms with E-state index in [9.17, 15) is 4.79 Å². The molecule has 3 rings (SSSR count). The summed E-state index contributed by atoms with van der Waals surface area (Å²) in [6.45, 7) is 1.18. The van der Waals surface area contributed by atoms with E-state index in [0.717, 1.165) is 18.0 Å². The zero-order chi connectivity index (χ0) is 15.5. The average Bonchev–Trinajstić information content (AvgIpc) is 3.18. The Bertz CT molecular complexity index is 642. The van der Waals surface area contributed by atoms with Gasteiger partial charge in [0.1, 0.15) is 12.4 Å². The van der Waals surface area contributed by atoms with Crippen LogP contribution in [-0.4, -0.2) is 54.2 Å². The van der Waals surface area contributed by atoms with Gasteiger partial charge in [-0.2, -0.15) is 0 Å². The molecule has 0 N–H and O–H groups in total. The maximum atomic E-state index is 12.2. The molecule has 1 aliphatic heterocycles. The molecular formula is C15H18N4O3. The summed E-state index contributed by atoms with van der Waals surface area (Å²) in [5.41, 5.74) is 0.330. The second-order valence-electron chi connectivity index (χ2n) is 5.38. The van der Waals surface area contributed by atoms with Crippen LogP contribution in [0.5, 0.6) is 5.75 Å². The number of nitrogens with zero attached hydrogens (tertiary/aromatic N) is 4. The minimum Gasteiger partial charge on any atom is -0.485 e. The van der Waals surface area contributed by atoms with Gasteiger partial charge in [-0.25, -0.2) is 4.98 Å². The minimum atomic E-state index is -0.126. The Morgan fingerprint density at radius 2 is 2.32 bits per heavy atom. The molecule has 1 saturated heterocycles.